The van der Waals surface area contributed by atoms with Crippen molar-refractivity contribution in [3.63, 3.8) is 0 Å². The van der Waals surface area contributed by atoms with Crippen LogP contribution in [0.25, 0.3) is 0 Å². The highest BCUT2D eigenvalue weighted by atomic mass is 32.2. The highest BCUT2D eigenvalue weighted by Crippen LogP contribution is 2.29. The first kappa shape index (κ1) is 11.5. The Balaban J connectivity index is 2.27. The smallest absolute Gasteiger partial charge is 0.260 e. The van der Waals surface area contributed by atoms with E-state index in [1.165, 1.54) is 16.6 Å². The molecule has 0 spiro atoms. The number of aliphatic hydroxyl groups is 1. The number of sulfonamides is 1. The molecule has 1 aromatic rings. The van der Waals surface area contributed by atoms with Crippen molar-refractivity contribution < 1.29 is 13.5 Å². The molecule has 1 N–H and O–H groups in total. The van der Waals surface area contributed by atoms with Crippen LogP contribution in [0.3, 0.4) is 0 Å². The van der Waals surface area contributed by atoms with Crippen LogP contribution in [0.15, 0.2) is 23.4 Å². The maximum Gasteiger partial charge on any atom is 0.260 e. The number of hydrogen-bond acceptors (Lipinski definition) is 4. The summed E-state index contributed by atoms with van der Waals surface area (Å²) in [6, 6.07) is 3.13. The minimum atomic E-state index is -3.46. The standard InChI is InChI=1S/C10H14N2O3S/c1-12(9-3-4-9)16(14,15)10-5-2-8(7-13)6-11-10/h2,5-6,9,13H,3-4,7H2,1H3. The number of pyridine rings is 1. The van der Waals surface area contributed by atoms with Crippen molar-refractivity contribution in [2.45, 2.75) is 30.5 Å². The van der Waals surface area contributed by atoms with Gasteiger partial charge in [-0.25, -0.2) is 13.4 Å². The van der Waals surface area contributed by atoms with E-state index in [0.717, 1.165) is 12.8 Å². The molecule has 0 amide bonds. The molecule has 1 aromatic heterocycles. The van der Waals surface area contributed by atoms with Gasteiger partial charge in [-0.2, -0.15) is 4.31 Å². The van der Waals surface area contributed by atoms with Crippen molar-refractivity contribution in [3.05, 3.63) is 23.9 Å². The average molecular weight is 242 g/mol. The van der Waals surface area contributed by atoms with E-state index < -0.39 is 10.0 Å². The number of hydrogen-bond donors (Lipinski definition) is 1. The molecule has 5 nitrogen and oxygen atoms in total. The molecule has 0 bridgehead atoms. The van der Waals surface area contributed by atoms with Crippen LogP contribution in [-0.4, -0.2) is 35.9 Å². The Morgan fingerprint density at radius 1 is 1.50 bits per heavy atom. The van der Waals surface area contributed by atoms with E-state index in [2.05, 4.69) is 4.98 Å². The molecule has 88 valence electrons. The predicted molar refractivity (Wildman–Crippen MR) is 58.1 cm³/mol. The summed E-state index contributed by atoms with van der Waals surface area (Å²) < 4.78 is 25.4. The fourth-order valence-corrected chi connectivity index (χ4v) is 2.76. The lowest BCUT2D eigenvalue weighted by atomic mass is 10.3. The Bertz CT molecular complexity index is 465. The maximum absolute atomic E-state index is 12.0. The molecule has 0 aromatic carbocycles. The molecule has 2 rings (SSSR count). The van der Waals surface area contributed by atoms with E-state index in [1.807, 2.05) is 0 Å². The Kier molecular flexibility index (Phi) is 2.96. The first-order chi connectivity index (χ1) is 7.55. The normalized spacial score (nSPS) is 16.7. The van der Waals surface area contributed by atoms with Gasteiger partial charge >= 0.3 is 0 Å². The highest BCUT2D eigenvalue weighted by Gasteiger charge is 2.35. The largest absolute Gasteiger partial charge is 0.392 e. The van der Waals surface area contributed by atoms with Gasteiger partial charge in [-0.1, -0.05) is 6.07 Å². The Morgan fingerprint density at radius 2 is 2.19 bits per heavy atom. The first-order valence-electron chi connectivity index (χ1n) is 5.09. The summed E-state index contributed by atoms with van der Waals surface area (Å²) in [5.74, 6) is 0. The fourth-order valence-electron chi connectivity index (χ4n) is 1.44. The van der Waals surface area contributed by atoms with Crippen LogP contribution in [0.4, 0.5) is 0 Å². The average Bonchev–Trinajstić information content (AvgIpc) is 3.12. The van der Waals surface area contributed by atoms with Gasteiger partial charge in [0.2, 0.25) is 0 Å². The van der Waals surface area contributed by atoms with Crippen molar-refractivity contribution in [3.8, 4) is 0 Å². The Labute approximate surface area is 94.8 Å². The Morgan fingerprint density at radius 3 is 2.62 bits per heavy atom. The summed E-state index contributed by atoms with van der Waals surface area (Å²) in [6.45, 7) is -0.133. The van der Waals surface area contributed by atoms with E-state index in [1.54, 1.807) is 13.1 Å². The van der Waals surface area contributed by atoms with Gasteiger partial charge < -0.3 is 5.11 Å². The van der Waals surface area contributed by atoms with Crippen LogP contribution < -0.4 is 0 Å². The minimum absolute atomic E-state index is 0.0408. The first-order valence-corrected chi connectivity index (χ1v) is 6.53. The van der Waals surface area contributed by atoms with Gasteiger partial charge in [0.1, 0.15) is 0 Å². The molecule has 0 aliphatic heterocycles. The summed E-state index contributed by atoms with van der Waals surface area (Å²) in [5.41, 5.74) is 0.605. The number of aromatic nitrogens is 1. The Hall–Kier alpha value is -0.980. The van der Waals surface area contributed by atoms with Crippen molar-refractivity contribution in [1.82, 2.24) is 9.29 Å². The van der Waals surface area contributed by atoms with Gasteiger partial charge in [-0.15, -0.1) is 0 Å². The van der Waals surface area contributed by atoms with Gasteiger partial charge in [-0.05, 0) is 24.5 Å². The van der Waals surface area contributed by atoms with Gasteiger partial charge in [0.05, 0.1) is 6.61 Å². The van der Waals surface area contributed by atoms with Crippen molar-refractivity contribution >= 4 is 10.0 Å². The topological polar surface area (TPSA) is 70.5 Å². The van der Waals surface area contributed by atoms with E-state index in [0.29, 0.717) is 5.56 Å². The molecule has 1 heterocycles. The molecule has 1 fully saturated rings. The summed E-state index contributed by atoms with van der Waals surface area (Å²) in [4.78, 5) is 3.86. The van der Waals surface area contributed by atoms with Crippen LogP contribution >= 0.6 is 0 Å². The van der Waals surface area contributed by atoms with E-state index in [4.69, 9.17) is 5.11 Å². The second kappa shape index (κ2) is 4.12. The van der Waals surface area contributed by atoms with Gasteiger partial charge in [0.15, 0.2) is 5.03 Å². The molecule has 0 radical (unpaired) electrons. The molecule has 0 atom stereocenters. The molecular formula is C10H14N2O3S. The van der Waals surface area contributed by atoms with Gasteiger partial charge in [-0.3, -0.25) is 0 Å². The van der Waals surface area contributed by atoms with Crippen LogP contribution in [0.5, 0.6) is 0 Å². The fraction of sp³-hybridized carbons (Fsp3) is 0.500. The zero-order valence-corrected chi connectivity index (χ0v) is 9.81. The van der Waals surface area contributed by atoms with Crippen LogP contribution in [0.1, 0.15) is 18.4 Å². The van der Waals surface area contributed by atoms with E-state index >= 15 is 0 Å². The van der Waals surface area contributed by atoms with Crippen molar-refractivity contribution in [2.24, 2.45) is 0 Å². The lowest BCUT2D eigenvalue weighted by molar-refractivity contribution is 0.281. The second-order valence-corrected chi connectivity index (χ2v) is 5.86. The summed E-state index contributed by atoms with van der Waals surface area (Å²) in [6.07, 6.45) is 3.22. The van der Waals surface area contributed by atoms with Crippen LogP contribution in [-0.2, 0) is 16.6 Å². The van der Waals surface area contributed by atoms with Crippen LogP contribution in [0, 0.1) is 0 Å². The maximum atomic E-state index is 12.0. The lowest BCUT2D eigenvalue weighted by Crippen LogP contribution is -2.29. The summed E-state index contributed by atoms with van der Waals surface area (Å²) in [7, 11) is -1.88. The zero-order valence-electron chi connectivity index (χ0n) is 9.00. The molecule has 1 aliphatic rings. The third-order valence-corrected chi connectivity index (χ3v) is 4.51. The summed E-state index contributed by atoms with van der Waals surface area (Å²) >= 11 is 0. The lowest BCUT2D eigenvalue weighted by Gasteiger charge is -2.15. The van der Waals surface area contributed by atoms with E-state index in [-0.39, 0.29) is 17.7 Å². The third-order valence-electron chi connectivity index (χ3n) is 2.68. The molecule has 1 saturated carbocycles. The summed E-state index contributed by atoms with van der Waals surface area (Å²) in [5, 5.41) is 8.88. The molecule has 0 unspecified atom stereocenters. The quantitative estimate of drug-likeness (QED) is 0.827. The monoisotopic (exact) mass is 242 g/mol. The molecule has 0 saturated heterocycles. The molecule has 1 aliphatic carbocycles. The van der Waals surface area contributed by atoms with Crippen molar-refractivity contribution in [2.75, 3.05) is 7.05 Å². The van der Waals surface area contributed by atoms with Gasteiger partial charge in [0.25, 0.3) is 10.0 Å². The predicted octanol–water partition coefficient (Wildman–Crippen LogP) is 0.357. The highest BCUT2D eigenvalue weighted by molar-refractivity contribution is 7.89. The minimum Gasteiger partial charge on any atom is -0.392 e. The van der Waals surface area contributed by atoms with Crippen LogP contribution in [0.2, 0.25) is 0 Å². The number of rotatable bonds is 4. The van der Waals surface area contributed by atoms with Crippen molar-refractivity contribution in [1.29, 1.82) is 0 Å². The van der Waals surface area contributed by atoms with Gasteiger partial charge in [0, 0.05) is 19.3 Å². The second-order valence-electron chi connectivity index (χ2n) is 3.92. The SMILES string of the molecule is CN(C1CC1)S(=O)(=O)c1ccc(CO)cn1. The molecular weight excluding hydrogens is 228 g/mol. The number of nitrogens with zero attached hydrogens (tertiary/aromatic N) is 2. The zero-order chi connectivity index (χ0) is 11.8. The molecule has 6 heteroatoms. The number of aliphatic hydroxyl groups excluding tert-OH is 1. The molecule has 16 heavy (non-hydrogen) atoms. The van der Waals surface area contributed by atoms with E-state index in [9.17, 15) is 8.42 Å². The third kappa shape index (κ3) is 2.09.